The quantitative estimate of drug-likeness (QED) is 0.722. The fraction of sp³-hybridized carbons (Fsp3) is 0.524. The fourth-order valence-corrected chi connectivity index (χ4v) is 4.01. The molecule has 154 valence electrons. The van der Waals surface area contributed by atoms with Crippen molar-refractivity contribution in [1.29, 1.82) is 0 Å². The number of hydrogen-bond donors (Lipinski definition) is 1. The lowest BCUT2D eigenvalue weighted by Crippen LogP contribution is -2.37. The van der Waals surface area contributed by atoms with Gasteiger partial charge in [0.25, 0.3) is 0 Å². The summed E-state index contributed by atoms with van der Waals surface area (Å²) in [6, 6.07) is 3.90. The summed E-state index contributed by atoms with van der Waals surface area (Å²) in [5.74, 6) is 3.19. The minimum Gasteiger partial charge on any atom is -0.381 e. The number of aromatic nitrogens is 5. The van der Waals surface area contributed by atoms with Crippen LogP contribution in [0, 0.1) is 6.92 Å². The van der Waals surface area contributed by atoms with Crippen LogP contribution in [0.4, 0.5) is 17.6 Å². The molecule has 3 aromatic heterocycles. The Balaban J connectivity index is 1.57. The second-order valence-electron chi connectivity index (χ2n) is 8.51. The highest BCUT2D eigenvalue weighted by molar-refractivity contribution is 5.79. The topological polar surface area (TPSA) is 81.0 Å². The fourth-order valence-electron chi connectivity index (χ4n) is 4.01. The number of pyridine rings is 1. The van der Waals surface area contributed by atoms with Gasteiger partial charge in [0.05, 0.1) is 17.8 Å². The molecular formula is C21H29N7O. The number of ether oxygens (including phenoxy) is 1. The van der Waals surface area contributed by atoms with Crippen LogP contribution in [0.3, 0.4) is 0 Å². The molecule has 1 N–H and O–H groups in total. The van der Waals surface area contributed by atoms with E-state index in [0.29, 0.717) is 6.10 Å². The number of aryl methyl sites for hydroxylation is 1. The average molecular weight is 396 g/mol. The van der Waals surface area contributed by atoms with Crippen LogP contribution >= 0.6 is 0 Å². The summed E-state index contributed by atoms with van der Waals surface area (Å²) in [5, 5.41) is 3.33. The Bertz CT molecular complexity index is 1000. The van der Waals surface area contributed by atoms with Crippen molar-refractivity contribution < 1.29 is 4.74 Å². The molecule has 0 spiro atoms. The lowest BCUT2D eigenvalue weighted by atomic mass is 10.1. The molecule has 0 aromatic carbocycles. The number of piperidine rings is 1. The van der Waals surface area contributed by atoms with Gasteiger partial charge < -0.3 is 19.5 Å². The third kappa shape index (κ3) is 4.03. The highest BCUT2D eigenvalue weighted by Crippen LogP contribution is 2.27. The maximum atomic E-state index is 5.45. The molecule has 0 saturated carbocycles. The molecule has 0 unspecified atom stereocenters. The summed E-state index contributed by atoms with van der Waals surface area (Å²) in [5.41, 5.74) is 1.89. The number of hydrogen-bond acceptors (Lipinski definition) is 7. The predicted molar refractivity (Wildman–Crippen MR) is 115 cm³/mol. The average Bonchev–Trinajstić information content (AvgIpc) is 3.03. The SMILES string of the molecule is COC1CCN(c2nccc(Nc3cc4c(cn3)nc(C)n4C(C)(C)C)n2)CC1. The first-order valence-electron chi connectivity index (χ1n) is 10.1. The van der Waals surface area contributed by atoms with Gasteiger partial charge in [0.1, 0.15) is 23.0 Å². The molecule has 4 rings (SSSR count). The number of nitrogens with zero attached hydrogens (tertiary/aromatic N) is 6. The zero-order valence-electron chi connectivity index (χ0n) is 17.8. The van der Waals surface area contributed by atoms with Gasteiger partial charge in [-0.25, -0.2) is 15.0 Å². The molecular weight excluding hydrogens is 366 g/mol. The number of nitrogens with one attached hydrogen (secondary N) is 1. The molecule has 8 heteroatoms. The molecule has 3 aromatic rings. The van der Waals surface area contributed by atoms with Crippen molar-refractivity contribution in [3.05, 3.63) is 30.4 Å². The van der Waals surface area contributed by atoms with Gasteiger partial charge in [0.15, 0.2) is 0 Å². The largest absolute Gasteiger partial charge is 0.381 e. The molecule has 1 saturated heterocycles. The van der Waals surface area contributed by atoms with Crippen molar-refractivity contribution in [3.8, 4) is 0 Å². The maximum Gasteiger partial charge on any atom is 0.227 e. The Morgan fingerprint density at radius 1 is 1.10 bits per heavy atom. The Morgan fingerprint density at radius 2 is 1.86 bits per heavy atom. The lowest BCUT2D eigenvalue weighted by Gasteiger charge is -2.31. The monoisotopic (exact) mass is 395 g/mol. The standard InChI is InChI=1S/C21H29N7O/c1-14-24-16-13-23-19(12-17(16)28(14)21(2,3)4)25-18-6-9-22-20(26-18)27-10-7-15(29-5)8-11-27/h6,9,12-13,15H,7-8,10-11H2,1-5H3,(H,22,23,25,26). The van der Waals surface area contributed by atoms with Crippen LogP contribution in [0.5, 0.6) is 0 Å². The molecule has 1 aliphatic rings. The second kappa shape index (κ2) is 7.59. The molecule has 0 atom stereocenters. The molecule has 1 aliphatic heterocycles. The zero-order chi connectivity index (χ0) is 20.6. The van der Waals surface area contributed by atoms with E-state index < -0.39 is 0 Å². The van der Waals surface area contributed by atoms with E-state index in [-0.39, 0.29) is 5.54 Å². The van der Waals surface area contributed by atoms with E-state index >= 15 is 0 Å². The minimum atomic E-state index is -0.0616. The van der Waals surface area contributed by atoms with E-state index in [9.17, 15) is 0 Å². The van der Waals surface area contributed by atoms with E-state index in [0.717, 1.165) is 60.4 Å². The highest BCUT2D eigenvalue weighted by atomic mass is 16.5. The van der Waals surface area contributed by atoms with Crippen molar-refractivity contribution in [1.82, 2.24) is 24.5 Å². The summed E-state index contributed by atoms with van der Waals surface area (Å²) in [4.78, 5) is 20.5. The lowest BCUT2D eigenvalue weighted by molar-refractivity contribution is 0.0816. The molecule has 29 heavy (non-hydrogen) atoms. The van der Waals surface area contributed by atoms with E-state index in [1.807, 2.05) is 25.3 Å². The Kier molecular flexibility index (Phi) is 5.12. The molecule has 4 heterocycles. The van der Waals surface area contributed by atoms with E-state index in [2.05, 4.69) is 50.5 Å². The summed E-state index contributed by atoms with van der Waals surface area (Å²) >= 11 is 0. The van der Waals surface area contributed by atoms with Crippen LogP contribution in [-0.4, -0.2) is 50.8 Å². The molecule has 8 nitrogen and oxygen atoms in total. The van der Waals surface area contributed by atoms with Crippen LogP contribution in [0.15, 0.2) is 24.5 Å². The van der Waals surface area contributed by atoms with Crippen LogP contribution < -0.4 is 10.2 Å². The molecule has 1 fully saturated rings. The third-order valence-electron chi connectivity index (χ3n) is 5.34. The van der Waals surface area contributed by atoms with Gasteiger partial charge in [-0.15, -0.1) is 0 Å². The molecule has 0 amide bonds. The first kappa shape index (κ1) is 19.6. The summed E-state index contributed by atoms with van der Waals surface area (Å²) in [7, 11) is 1.78. The summed E-state index contributed by atoms with van der Waals surface area (Å²) < 4.78 is 7.69. The molecule has 0 bridgehead atoms. The maximum absolute atomic E-state index is 5.45. The van der Waals surface area contributed by atoms with Gasteiger partial charge in [0.2, 0.25) is 5.95 Å². The summed E-state index contributed by atoms with van der Waals surface area (Å²) in [6.45, 7) is 10.4. The van der Waals surface area contributed by atoms with Gasteiger partial charge in [-0.1, -0.05) is 0 Å². The van der Waals surface area contributed by atoms with Crippen molar-refractivity contribution in [2.75, 3.05) is 30.4 Å². The van der Waals surface area contributed by atoms with Gasteiger partial charge in [-0.2, -0.15) is 4.98 Å². The molecule has 0 radical (unpaired) electrons. The summed E-state index contributed by atoms with van der Waals surface area (Å²) in [6.07, 6.45) is 5.91. The number of methoxy groups -OCH3 is 1. The van der Waals surface area contributed by atoms with Crippen molar-refractivity contribution in [2.45, 2.75) is 52.2 Å². The van der Waals surface area contributed by atoms with Crippen LogP contribution in [0.2, 0.25) is 0 Å². The first-order valence-corrected chi connectivity index (χ1v) is 10.1. The van der Waals surface area contributed by atoms with Gasteiger partial charge in [-0.05, 0) is 46.6 Å². The van der Waals surface area contributed by atoms with Gasteiger partial charge in [0, 0.05) is 38.0 Å². The number of anilines is 3. The Labute approximate surface area is 171 Å². The molecule has 0 aliphatic carbocycles. The van der Waals surface area contributed by atoms with Gasteiger partial charge in [-0.3, -0.25) is 0 Å². The highest BCUT2D eigenvalue weighted by Gasteiger charge is 2.22. The smallest absolute Gasteiger partial charge is 0.227 e. The van der Waals surface area contributed by atoms with Crippen LogP contribution in [0.25, 0.3) is 11.0 Å². The third-order valence-corrected chi connectivity index (χ3v) is 5.34. The van der Waals surface area contributed by atoms with E-state index in [4.69, 9.17) is 9.72 Å². The van der Waals surface area contributed by atoms with Crippen molar-refractivity contribution in [3.63, 3.8) is 0 Å². The Hall–Kier alpha value is -2.74. The Morgan fingerprint density at radius 3 is 2.55 bits per heavy atom. The van der Waals surface area contributed by atoms with Crippen LogP contribution in [0.1, 0.15) is 39.4 Å². The number of fused-ring (bicyclic) bond motifs is 1. The van der Waals surface area contributed by atoms with Crippen LogP contribution in [-0.2, 0) is 10.3 Å². The van der Waals surface area contributed by atoms with E-state index in [1.54, 1.807) is 13.3 Å². The van der Waals surface area contributed by atoms with Crippen molar-refractivity contribution in [2.24, 2.45) is 0 Å². The second-order valence-corrected chi connectivity index (χ2v) is 8.51. The van der Waals surface area contributed by atoms with Crippen molar-refractivity contribution >= 4 is 28.6 Å². The zero-order valence-corrected chi connectivity index (χ0v) is 17.8. The number of rotatable bonds is 4. The van der Waals surface area contributed by atoms with E-state index in [1.165, 1.54) is 0 Å². The number of imidazole rings is 1. The normalized spacial score (nSPS) is 15.8. The first-order chi connectivity index (χ1) is 13.8. The minimum absolute atomic E-state index is 0.0616. The predicted octanol–water partition coefficient (Wildman–Crippen LogP) is 3.64. The van der Waals surface area contributed by atoms with Gasteiger partial charge >= 0.3 is 0 Å².